The predicted octanol–water partition coefficient (Wildman–Crippen LogP) is 1.69. The largest absolute Gasteiger partial charge is 0.293 e. The monoisotopic (exact) mass is 195 g/mol. The molecule has 6 heteroatoms. The smallest absolute Gasteiger partial charge is 0.232 e. The fourth-order valence-corrected chi connectivity index (χ4v) is 0.839. The molecule has 5 nitrogen and oxygen atoms in total. The van der Waals surface area contributed by atoms with Gasteiger partial charge in [0.05, 0.1) is 0 Å². The van der Waals surface area contributed by atoms with Crippen molar-refractivity contribution in [1.29, 1.82) is 0 Å². The van der Waals surface area contributed by atoms with E-state index in [1.165, 1.54) is 4.73 Å². The SMILES string of the molecule is CC(=S)O[n+]1ccccc1N=[N+]=[N-]. The van der Waals surface area contributed by atoms with Crippen LogP contribution in [0.5, 0.6) is 0 Å². The van der Waals surface area contributed by atoms with E-state index in [9.17, 15) is 0 Å². The maximum absolute atomic E-state index is 8.23. The van der Waals surface area contributed by atoms with Crippen LogP contribution >= 0.6 is 12.2 Å². The van der Waals surface area contributed by atoms with Gasteiger partial charge in [0, 0.05) is 11.8 Å². The molecule has 1 rings (SSSR count). The summed E-state index contributed by atoms with van der Waals surface area (Å²) >= 11 is 4.74. The fourth-order valence-electron chi connectivity index (χ4n) is 0.758. The van der Waals surface area contributed by atoms with Crippen LogP contribution in [-0.4, -0.2) is 5.05 Å². The summed E-state index contributed by atoms with van der Waals surface area (Å²) < 4.78 is 1.31. The van der Waals surface area contributed by atoms with Crippen LogP contribution in [0.25, 0.3) is 10.4 Å². The maximum Gasteiger partial charge on any atom is 0.232 e. The van der Waals surface area contributed by atoms with Crippen molar-refractivity contribution in [3.05, 3.63) is 34.8 Å². The second kappa shape index (κ2) is 4.39. The van der Waals surface area contributed by atoms with Crippen LogP contribution in [0, 0.1) is 0 Å². The van der Waals surface area contributed by atoms with Gasteiger partial charge in [0.15, 0.2) is 0 Å². The minimum Gasteiger partial charge on any atom is -0.293 e. The molecule has 0 aliphatic rings. The molecule has 0 fully saturated rings. The lowest BCUT2D eigenvalue weighted by atomic mass is 10.5. The molecule has 0 bridgehead atoms. The number of rotatable bonds is 2. The minimum absolute atomic E-state index is 0.352. The molecule has 0 N–H and O–H groups in total. The van der Waals surface area contributed by atoms with E-state index in [-0.39, 0.29) is 0 Å². The number of nitrogens with zero attached hydrogens (tertiary/aromatic N) is 4. The Balaban J connectivity index is 3.04. The summed E-state index contributed by atoms with van der Waals surface area (Å²) in [7, 11) is 0. The zero-order valence-electron chi connectivity index (χ0n) is 6.91. The van der Waals surface area contributed by atoms with Crippen LogP contribution in [-0.2, 0) is 0 Å². The van der Waals surface area contributed by atoms with Crippen molar-refractivity contribution in [3.63, 3.8) is 0 Å². The van der Waals surface area contributed by atoms with Crippen molar-refractivity contribution in [1.82, 2.24) is 0 Å². The zero-order valence-corrected chi connectivity index (χ0v) is 7.73. The third-order valence-electron chi connectivity index (χ3n) is 1.18. The van der Waals surface area contributed by atoms with E-state index < -0.39 is 0 Å². The van der Waals surface area contributed by atoms with Crippen LogP contribution in [0.15, 0.2) is 29.5 Å². The van der Waals surface area contributed by atoms with Crippen molar-refractivity contribution in [2.75, 3.05) is 0 Å². The first kappa shape index (κ1) is 9.44. The van der Waals surface area contributed by atoms with Crippen molar-refractivity contribution < 1.29 is 9.57 Å². The molecular weight excluding hydrogens is 188 g/mol. The van der Waals surface area contributed by atoms with Crippen molar-refractivity contribution >= 4 is 23.1 Å². The number of hydrogen-bond acceptors (Lipinski definition) is 3. The lowest BCUT2D eigenvalue weighted by molar-refractivity contribution is -0.854. The lowest BCUT2D eigenvalue weighted by Gasteiger charge is -2.01. The van der Waals surface area contributed by atoms with E-state index in [1.54, 1.807) is 31.3 Å². The number of pyridine rings is 1. The molecule has 1 aromatic heterocycles. The molecule has 66 valence electrons. The van der Waals surface area contributed by atoms with Crippen LogP contribution in [0.2, 0.25) is 0 Å². The standard InChI is InChI=1S/C7H7N4OS/c1-6(13)12-11-5-3-2-4-7(11)9-10-8/h2-5H,1H3/q+1. The molecule has 0 saturated carbocycles. The highest BCUT2D eigenvalue weighted by Crippen LogP contribution is 2.01. The second-order valence-corrected chi connectivity index (χ2v) is 2.73. The second-order valence-electron chi connectivity index (χ2n) is 2.16. The first-order valence-corrected chi connectivity index (χ1v) is 3.89. The average molecular weight is 195 g/mol. The minimum atomic E-state index is 0.352. The Labute approximate surface area is 80.2 Å². The molecule has 0 spiro atoms. The highest BCUT2D eigenvalue weighted by atomic mass is 32.1. The van der Waals surface area contributed by atoms with Gasteiger partial charge in [-0.15, -0.1) is 0 Å². The summed E-state index contributed by atoms with van der Waals surface area (Å²) in [4.78, 5) is 7.74. The van der Waals surface area contributed by atoms with Crippen LogP contribution in [0.4, 0.5) is 5.82 Å². The van der Waals surface area contributed by atoms with Crippen molar-refractivity contribution in [2.24, 2.45) is 5.11 Å². The summed E-state index contributed by atoms with van der Waals surface area (Å²) in [5, 5.41) is 3.77. The summed E-state index contributed by atoms with van der Waals surface area (Å²) in [6.45, 7) is 1.63. The van der Waals surface area contributed by atoms with Gasteiger partial charge in [0.25, 0.3) is 0 Å². The van der Waals surface area contributed by atoms with Gasteiger partial charge >= 0.3 is 0 Å². The van der Waals surface area contributed by atoms with Crippen LogP contribution < -0.4 is 9.57 Å². The number of azide groups is 1. The highest BCUT2D eigenvalue weighted by Gasteiger charge is 2.03. The van der Waals surface area contributed by atoms with Gasteiger partial charge in [-0.05, 0) is 35.0 Å². The van der Waals surface area contributed by atoms with Gasteiger partial charge in [-0.3, -0.25) is 4.84 Å². The Morgan fingerprint density at radius 1 is 1.69 bits per heavy atom. The van der Waals surface area contributed by atoms with Crippen LogP contribution in [0.3, 0.4) is 0 Å². The van der Waals surface area contributed by atoms with E-state index in [4.69, 9.17) is 22.6 Å². The van der Waals surface area contributed by atoms with E-state index in [2.05, 4.69) is 10.0 Å². The van der Waals surface area contributed by atoms with Crippen LogP contribution in [0.1, 0.15) is 6.92 Å². The molecule has 0 amide bonds. The molecule has 1 aromatic rings. The third-order valence-corrected chi connectivity index (χ3v) is 1.25. The zero-order chi connectivity index (χ0) is 9.68. The van der Waals surface area contributed by atoms with Gasteiger partial charge in [-0.25, -0.2) is 0 Å². The van der Waals surface area contributed by atoms with E-state index in [1.807, 2.05) is 0 Å². The molecule has 0 saturated heterocycles. The summed E-state index contributed by atoms with van der Waals surface area (Å²) in [6, 6.07) is 5.11. The first-order valence-electron chi connectivity index (χ1n) is 3.48. The predicted molar refractivity (Wildman–Crippen MR) is 50.3 cm³/mol. The van der Waals surface area contributed by atoms with Gasteiger partial charge in [-0.2, -0.15) is 0 Å². The van der Waals surface area contributed by atoms with Crippen molar-refractivity contribution in [3.8, 4) is 0 Å². The Bertz CT molecular complexity index is 373. The quantitative estimate of drug-likeness (QED) is 0.237. The first-order chi connectivity index (χ1) is 6.24. The molecular formula is C7H7N4OS+. The Morgan fingerprint density at radius 2 is 2.46 bits per heavy atom. The third kappa shape index (κ3) is 2.70. The Kier molecular flexibility index (Phi) is 3.19. The maximum atomic E-state index is 8.23. The lowest BCUT2D eigenvalue weighted by Crippen LogP contribution is -2.44. The molecule has 0 aromatic carbocycles. The average Bonchev–Trinajstić information content (AvgIpc) is 2.08. The highest BCUT2D eigenvalue weighted by molar-refractivity contribution is 7.80. The number of aromatic nitrogens is 1. The molecule has 1 heterocycles. The molecule has 0 aliphatic carbocycles. The summed E-state index contributed by atoms with van der Waals surface area (Å²) in [5.74, 6) is 0.356. The fraction of sp³-hybridized carbons (Fsp3) is 0.143. The van der Waals surface area contributed by atoms with E-state index >= 15 is 0 Å². The molecule has 0 radical (unpaired) electrons. The topological polar surface area (TPSA) is 61.9 Å². The number of thiocarbonyl (C=S) groups is 1. The Hall–Kier alpha value is -1.65. The van der Waals surface area contributed by atoms with Crippen molar-refractivity contribution in [2.45, 2.75) is 6.92 Å². The molecule has 0 atom stereocenters. The van der Waals surface area contributed by atoms with Gasteiger partial charge < -0.3 is 0 Å². The van der Waals surface area contributed by atoms with E-state index in [0.29, 0.717) is 10.9 Å². The number of hydrogen-bond donors (Lipinski definition) is 0. The molecule has 13 heavy (non-hydrogen) atoms. The molecule has 0 aliphatic heterocycles. The van der Waals surface area contributed by atoms with Gasteiger partial charge in [-0.1, -0.05) is 10.8 Å². The summed E-state index contributed by atoms with van der Waals surface area (Å²) in [6.07, 6.45) is 1.61. The van der Waals surface area contributed by atoms with Gasteiger partial charge in [0.2, 0.25) is 10.9 Å². The Morgan fingerprint density at radius 3 is 3.08 bits per heavy atom. The summed E-state index contributed by atoms with van der Waals surface area (Å²) in [5.41, 5.74) is 8.23. The normalized spacial score (nSPS) is 8.69. The van der Waals surface area contributed by atoms with E-state index in [0.717, 1.165) is 0 Å². The van der Waals surface area contributed by atoms with Gasteiger partial charge in [0.1, 0.15) is 6.20 Å². The molecule has 0 unspecified atom stereocenters.